The average molecular weight is 140 g/mol. The maximum Gasteiger partial charge on any atom is 1.00 e. The molecule has 0 saturated carbocycles. The first-order valence-corrected chi connectivity index (χ1v) is 2.74. The Morgan fingerprint density at radius 3 is 2.78 bits per heavy atom. The summed E-state index contributed by atoms with van der Waals surface area (Å²) < 4.78 is 9.50. The minimum atomic E-state index is -0.987. The van der Waals surface area contributed by atoms with Crippen LogP contribution in [0.1, 0.15) is 14.8 Å². The summed E-state index contributed by atoms with van der Waals surface area (Å²) in [7, 11) is -0.987. The summed E-state index contributed by atoms with van der Waals surface area (Å²) in [6, 6.07) is 0. The topological polar surface area (TPSA) is 38.7 Å². The Morgan fingerprint density at radius 2 is 2.44 bits per heavy atom. The van der Waals surface area contributed by atoms with Crippen molar-refractivity contribution >= 4 is 7.32 Å². The first kappa shape index (κ1) is 9.94. The fraction of sp³-hybridized carbons (Fsp3) is 1.00. The van der Waals surface area contributed by atoms with Crippen molar-refractivity contribution in [2.24, 2.45) is 0 Å². The monoisotopic (exact) mass is 140 g/mol. The van der Waals surface area contributed by atoms with Crippen LogP contribution in [-0.2, 0) is 9.31 Å². The Hall–Kier alpha value is 0.945. The van der Waals surface area contributed by atoms with Crippen LogP contribution in [-0.4, -0.2) is 25.1 Å². The van der Waals surface area contributed by atoms with Crippen LogP contribution in [0.2, 0.25) is 0 Å². The van der Waals surface area contributed by atoms with Gasteiger partial charge in [0, 0.05) is 12.7 Å². The second-order valence-corrected chi connectivity index (χ2v) is 1.91. The van der Waals surface area contributed by atoms with Crippen LogP contribution in [0.5, 0.6) is 0 Å². The first-order valence-electron chi connectivity index (χ1n) is 2.74. The van der Waals surface area contributed by atoms with Crippen LogP contribution in [0.25, 0.3) is 0 Å². The predicted octanol–water partition coefficient (Wildman–Crippen LogP) is -3.09. The van der Waals surface area contributed by atoms with Gasteiger partial charge in [0.1, 0.15) is 0 Å². The Bertz CT molecular complexity index is 78.9. The zero-order chi connectivity index (χ0) is 5.98. The molecule has 1 atom stereocenters. The van der Waals surface area contributed by atoms with Crippen molar-refractivity contribution in [1.29, 1.82) is 0 Å². The van der Waals surface area contributed by atoms with Crippen LogP contribution < -0.4 is 29.6 Å². The van der Waals surface area contributed by atoms with Gasteiger partial charge in [-0.15, -0.1) is 0 Å². The van der Waals surface area contributed by atoms with Crippen LogP contribution in [0, 0.1) is 0 Å². The Labute approximate surface area is 78.7 Å². The summed E-state index contributed by atoms with van der Waals surface area (Å²) in [5.74, 6) is 0. The molecular formula is C4H10BNaO3. The van der Waals surface area contributed by atoms with E-state index in [0.717, 1.165) is 6.42 Å². The van der Waals surface area contributed by atoms with E-state index >= 15 is 0 Å². The molecule has 0 bridgehead atoms. The molecule has 1 saturated heterocycles. The fourth-order valence-electron chi connectivity index (χ4n) is 0.641. The van der Waals surface area contributed by atoms with Gasteiger partial charge in [-0.25, -0.2) is 0 Å². The van der Waals surface area contributed by atoms with Crippen molar-refractivity contribution in [2.45, 2.75) is 19.4 Å². The van der Waals surface area contributed by atoms with Gasteiger partial charge < -0.3 is 15.8 Å². The third kappa shape index (κ3) is 3.60. The van der Waals surface area contributed by atoms with Crippen LogP contribution in [0.15, 0.2) is 0 Å². The summed E-state index contributed by atoms with van der Waals surface area (Å²) in [4.78, 5) is 0. The van der Waals surface area contributed by atoms with E-state index in [2.05, 4.69) is 4.65 Å². The first-order chi connectivity index (χ1) is 3.79. The van der Waals surface area contributed by atoms with Gasteiger partial charge in [0.15, 0.2) is 0 Å². The fourth-order valence-corrected chi connectivity index (χ4v) is 0.641. The number of rotatable bonds is 0. The van der Waals surface area contributed by atoms with Crippen molar-refractivity contribution in [3.63, 3.8) is 0 Å². The standard InChI is InChI=1S/C4H9BO3.Na.H/c1-4-2-3-7-5(6)8-4;;/h4,6H,2-3H2,1H3;;/q;+1;-1. The van der Waals surface area contributed by atoms with E-state index < -0.39 is 7.32 Å². The third-order valence-electron chi connectivity index (χ3n) is 1.13. The third-order valence-corrected chi connectivity index (χ3v) is 1.13. The molecule has 0 aromatic rings. The van der Waals surface area contributed by atoms with E-state index in [1.54, 1.807) is 0 Å². The van der Waals surface area contributed by atoms with Gasteiger partial charge in [-0.1, -0.05) is 0 Å². The molecule has 1 N–H and O–H groups in total. The minimum Gasteiger partial charge on any atom is -1.00 e. The van der Waals surface area contributed by atoms with Crippen LogP contribution in [0.3, 0.4) is 0 Å². The van der Waals surface area contributed by atoms with E-state index in [9.17, 15) is 0 Å². The molecule has 5 heteroatoms. The van der Waals surface area contributed by atoms with Gasteiger partial charge in [0.2, 0.25) is 0 Å². The normalized spacial score (nSPS) is 27.3. The number of hydrogen-bond acceptors (Lipinski definition) is 3. The van der Waals surface area contributed by atoms with Crippen molar-refractivity contribution in [1.82, 2.24) is 0 Å². The van der Waals surface area contributed by atoms with Crippen LogP contribution in [0.4, 0.5) is 0 Å². The van der Waals surface area contributed by atoms with E-state index in [1.807, 2.05) is 6.92 Å². The van der Waals surface area contributed by atoms with Gasteiger partial charge in [-0.2, -0.15) is 0 Å². The molecule has 1 aliphatic heterocycles. The predicted molar refractivity (Wildman–Crippen MR) is 30.2 cm³/mol. The Kier molecular flexibility index (Phi) is 5.21. The van der Waals surface area contributed by atoms with Crippen LogP contribution >= 0.6 is 0 Å². The molecule has 48 valence electrons. The molecule has 3 nitrogen and oxygen atoms in total. The Balaban J connectivity index is 0. The van der Waals surface area contributed by atoms with Gasteiger partial charge in [0.05, 0.1) is 0 Å². The zero-order valence-electron chi connectivity index (χ0n) is 6.83. The summed E-state index contributed by atoms with van der Waals surface area (Å²) in [6.07, 6.45) is 1.01. The zero-order valence-corrected chi connectivity index (χ0v) is 7.83. The van der Waals surface area contributed by atoms with Gasteiger partial charge in [-0.05, 0) is 13.3 Å². The molecule has 0 aromatic carbocycles. The van der Waals surface area contributed by atoms with Crippen molar-refractivity contribution < 1.29 is 45.3 Å². The maximum absolute atomic E-state index is 8.64. The summed E-state index contributed by atoms with van der Waals surface area (Å²) in [6.45, 7) is 2.51. The van der Waals surface area contributed by atoms with E-state index in [-0.39, 0.29) is 37.1 Å². The average Bonchev–Trinajstić information content (AvgIpc) is 1.64. The van der Waals surface area contributed by atoms with Crippen molar-refractivity contribution in [3.8, 4) is 0 Å². The van der Waals surface area contributed by atoms with E-state index in [0.29, 0.717) is 6.61 Å². The molecule has 0 aromatic heterocycles. The molecule has 0 radical (unpaired) electrons. The molecule has 0 amide bonds. The maximum atomic E-state index is 8.64. The second-order valence-electron chi connectivity index (χ2n) is 1.91. The van der Waals surface area contributed by atoms with Crippen molar-refractivity contribution in [2.75, 3.05) is 6.61 Å². The van der Waals surface area contributed by atoms with E-state index in [4.69, 9.17) is 9.68 Å². The van der Waals surface area contributed by atoms with Gasteiger partial charge in [-0.3, -0.25) is 0 Å². The molecule has 1 fully saturated rings. The molecular weight excluding hydrogens is 130 g/mol. The van der Waals surface area contributed by atoms with Gasteiger partial charge >= 0.3 is 36.9 Å². The molecule has 0 spiro atoms. The smallest absolute Gasteiger partial charge is 1.00 e. The minimum absolute atomic E-state index is 0. The summed E-state index contributed by atoms with van der Waals surface area (Å²) in [5.41, 5.74) is 0. The molecule has 1 aliphatic rings. The second kappa shape index (κ2) is 4.71. The Morgan fingerprint density at radius 1 is 1.78 bits per heavy atom. The molecule has 9 heavy (non-hydrogen) atoms. The molecule has 1 heterocycles. The largest absolute Gasteiger partial charge is 1.00 e. The number of hydrogen-bond donors (Lipinski definition) is 1. The van der Waals surface area contributed by atoms with Gasteiger partial charge in [0.25, 0.3) is 0 Å². The molecule has 0 aliphatic carbocycles. The van der Waals surface area contributed by atoms with E-state index in [1.165, 1.54) is 0 Å². The van der Waals surface area contributed by atoms with Crippen molar-refractivity contribution in [3.05, 3.63) is 0 Å². The molecule has 1 unspecified atom stereocenters. The quantitative estimate of drug-likeness (QED) is 0.362. The summed E-state index contributed by atoms with van der Waals surface area (Å²) in [5, 5.41) is 8.64. The summed E-state index contributed by atoms with van der Waals surface area (Å²) >= 11 is 0. The molecule has 1 rings (SSSR count). The SMILES string of the molecule is CC1CCOB(O)O1.[H-].[Na+].